The van der Waals surface area contributed by atoms with Crippen LogP contribution in [0.2, 0.25) is 0 Å². The Labute approximate surface area is 180 Å². The summed E-state index contributed by atoms with van der Waals surface area (Å²) in [6.07, 6.45) is 3.33. The normalized spacial score (nSPS) is 16.0. The highest BCUT2D eigenvalue weighted by Gasteiger charge is 2.32. The summed E-state index contributed by atoms with van der Waals surface area (Å²) in [5.41, 5.74) is 7.35. The van der Waals surface area contributed by atoms with E-state index in [9.17, 15) is 4.79 Å². The molecule has 0 bridgehead atoms. The highest BCUT2D eigenvalue weighted by Crippen LogP contribution is 2.27. The molecule has 0 radical (unpaired) electrons. The van der Waals surface area contributed by atoms with E-state index in [1.54, 1.807) is 0 Å². The van der Waals surface area contributed by atoms with Gasteiger partial charge in [-0.25, -0.2) is 9.28 Å². The van der Waals surface area contributed by atoms with Gasteiger partial charge in [-0.05, 0) is 60.6 Å². The molecular weight excluding hydrogens is 368 g/mol. The third-order valence-electron chi connectivity index (χ3n) is 6.23. The van der Waals surface area contributed by atoms with Crippen LogP contribution in [0.3, 0.4) is 0 Å². The molecule has 2 amide bonds. The first kappa shape index (κ1) is 20.4. The van der Waals surface area contributed by atoms with Crippen molar-refractivity contribution in [1.82, 2.24) is 0 Å². The van der Waals surface area contributed by atoms with Crippen molar-refractivity contribution in [1.29, 1.82) is 0 Å². The third-order valence-corrected chi connectivity index (χ3v) is 6.23. The second-order valence-electron chi connectivity index (χ2n) is 9.12. The Morgan fingerprint density at radius 2 is 1.50 bits per heavy atom. The smallest absolute Gasteiger partial charge is 0.275 e. The first-order chi connectivity index (χ1) is 14.4. The number of benzene rings is 3. The number of carbonyl (C=O) groups excluding carboxylic acids is 1. The van der Waals surface area contributed by atoms with Gasteiger partial charge in [0.1, 0.15) is 0 Å². The molecular formula is C27H31N2O+. The van der Waals surface area contributed by atoms with Gasteiger partial charge in [-0.3, -0.25) is 5.32 Å². The maximum Gasteiger partial charge on any atom is 0.420 e. The quantitative estimate of drug-likeness (QED) is 0.530. The van der Waals surface area contributed by atoms with Crippen molar-refractivity contribution in [3.05, 3.63) is 89.5 Å². The lowest BCUT2D eigenvalue weighted by molar-refractivity contribution is -0.810. The van der Waals surface area contributed by atoms with Crippen molar-refractivity contribution in [2.75, 3.05) is 26.0 Å². The van der Waals surface area contributed by atoms with Crippen LogP contribution in [0.1, 0.15) is 23.1 Å². The Morgan fingerprint density at radius 1 is 0.900 bits per heavy atom. The second kappa shape index (κ2) is 8.45. The van der Waals surface area contributed by atoms with Crippen molar-refractivity contribution in [2.24, 2.45) is 5.92 Å². The maximum atomic E-state index is 13.0. The molecule has 0 heterocycles. The molecule has 1 aliphatic rings. The van der Waals surface area contributed by atoms with E-state index in [1.165, 1.54) is 22.3 Å². The van der Waals surface area contributed by atoms with E-state index in [0.717, 1.165) is 37.1 Å². The van der Waals surface area contributed by atoms with Crippen molar-refractivity contribution in [2.45, 2.75) is 26.2 Å². The van der Waals surface area contributed by atoms with Crippen LogP contribution in [-0.4, -0.2) is 31.2 Å². The number of hydrogen-bond acceptors (Lipinski definition) is 1. The fourth-order valence-corrected chi connectivity index (χ4v) is 4.42. The molecule has 3 nitrogen and oxygen atoms in total. The number of nitrogens with zero attached hydrogens (tertiary/aromatic N) is 1. The number of aryl methyl sites for hydroxylation is 2. The van der Waals surface area contributed by atoms with Gasteiger partial charge in [-0.2, -0.15) is 0 Å². The number of nitrogens with one attached hydrogen (secondary N) is 1. The molecule has 0 spiro atoms. The van der Waals surface area contributed by atoms with Gasteiger partial charge >= 0.3 is 6.03 Å². The average molecular weight is 400 g/mol. The van der Waals surface area contributed by atoms with Gasteiger partial charge in [0.25, 0.3) is 0 Å². The first-order valence-corrected chi connectivity index (χ1v) is 10.8. The van der Waals surface area contributed by atoms with Crippen LogP contribution in [0.4, 0.5) is 10.5 Å². The van der Waals surface area contributed by atoms with Crippen LogP contribution < -0.4 is 5.32 Å². The van der Waals surface area contributed by atoms with Crippen molar-refractivity contribution < 1.29 is 9.28 Å². The van der Waals surface area contributed by atoms with E-state index in [2.05, 4.69) is 72.9 Å². The van der Waals surface area contributed by atoms with Crippen LogP contribution >= 0.6 is 0 Å². The number of fused-ring (bicyclic) bond motifs is 1. The summed E-state index contributed by atoms with van der Waals surface area (Å²) in [6, 6.07) is 25.4. The first-order valence-electron chi connectivity index (χ1n) is 10.8. The summed E-state index contributed by atoms with van der Waals surface area (Å²) in [4.78, 5) is 13.0. The number of quaternary nitrogens is 1. The zero-order valence-corrected chi connectivity index (χ0v) is 18.2. The topological polar surface area (TPSA) is 29.1 Å². The molecule has 0 fully saturated rings. The summed E-state index contributed by atoms with van der Waals surface area (Å²) in [5, 5.41) is 3.11. The van der Waals surface area contributed by atoms with Crippen molar-refractivity contribution >= 4 is 11.7 Å². The molecule has 0 aromatic heterocycles. The summed E-state index contributed by atoms with van der Waals surface area (Å²) >= 11 is 0. The van der Waals surface area contributed by atoms with Crippen LogP contribution in [-0.2, 0) is 12.8 Å². The molecule has 154 valence electrons. The highest BCUT2D eigenvalue weighted by molar-refractivity contribution is 5.84. The Kier molecular flexibility index (Phi) is 5.74. The Morgan fingerprint density at radius 3 is 2.17 bits per heavy atom. The SMILES string of the molecule is Cc1ccc(-c2ccc(NC(=O)[N+](C)(C)CC3CCc4ccccc4C3)cc2)cc1. The van der Waals surface area contributed by atoms with Gasteiger partial charge in [0.15, 0.2) is 0 Å². The van der Waals surface area contributed by atoms with Crippen LogP contribution in [0.5, 0.6) is 0 Å². The fourth-order valence-electron chi connectivity index (χ4n) is 4.42. The number of rotatable bonds is 4. The Balaban J connectivity index is 1.38. The van der Waals surface area contributed by atoms with Gasteiger partial charge in [0, 0.05) is 11.6 Å². The van der Waals surface area contributed by atoms with E-state index in [1.807, 2.05) is 26.2 Å². The lowest BCUT2D eigenvalue weighted by Crippen LogP contribution is -2.51. The molecule has 3 heteroatoms. The summed E-state index contributed by atoms with van der Waals surface area (Å²) < 4.78 is 0.340. The largest absolute Gasteiger partial charge is 0.420 e. The van der Waals surface area contributed by atoms with E-state index >= 15 is 0 Å². The number of anilines is 1. The van der Waals surface area contributed by atoms with E-state index in [4.69, 9.17) is 0 Å². The molecule has 1 aliphatic carbocycles. The lowest BCUT2D eigenvalue weighted by atomic mass is 9.83. The second-order valence-corrected chi connectivity index (χ2v) is 9.12. The van der Waals surface area contributed by atoms with Gasteiger partial charge < -0.3 is 0 Å². The minimum Gasteiger partial charge on any atom is -0.275 e. The number of amides is 2. The predicted molar refractivity (Wildman–Crippen MR) is 125 cm³/mol. The van der Waals surface area contributed by atoms with Crippen LogP contribution in [0, 0.1) is 12.8 Å². The van der Waals surface area contributed by atoms with E-state index < -0.39 is 0 Å². The molecule has 1 atom stereocenters. The number of carbonyl (C=O) groups is 1. The summed E-state index contributed by atoms with van der Waals surface area (Å²) in [6.45, 7) is 2.94. The lowest BCUT2D eigenvalue weighted by Gasteiger charge is -2.33. The Bertz CT molecular complexity index is 1020. The predicted octanol–water partition coefficient (Wildman–Crippen LogP) is 6.08. The van der Waals surface area contributed by atoms with Gasteiger partial charge in [-0.1, -0.05) is 66.2 Å². The van der Waals surface area contributed by atoms with Crippen molar-refractivity contribution in [3.8, 4) is 11.1 Å². The standard InChI is InChI=1S/C27H30N2O/c1-20-8-11-23(12-9-20)24-14-16-26(17-15-24)28-27(30)29(2,3)19-21-10-13-22-6-4-5-7-25(22)18-21/h4-9,11-12,14-17,21H,10,13,18-19H2,1-3H3/p+1. The van der Waals surface area contributed by atoms with Crippen LogP contribution in [0.25, 0.3) is 11.1 Å². The molecule has 30 heavy (non-hydrogen) atoms. The molecule has 1 N–H and O–H groups in total. The zero-order valence-electron chi connectivity index (χ0n) is 18.2. The fraction of sp³-hybridized carbons (Fsp3) is 0.296. The van der Waals surface area contributed by atoms with Gasteiger partial charge in [0.2, 0.25) is 0 Å². The minimum absolute atomic E-state index is 0.0388. The monoisotopic (exact) mass is 399 g/mol. The van der Waals surface area contributed by atoms with E-state index in [-0.39, 0.29) is 6.03 Å². The number of hydrogen-bond donors (Lipinski definition) is 1. The molecule has 1 unspecified atom stereocenters. The van der Waals surface area contributed by atoms with Crippen LogP contribution in [0.15, 0.2) is 72.8 Å². The maximum absolute atomic E-state index is 13.0. The molecule has 0 saturated heterocycles. The zero-order chi connectivity index (χ0) is 21.1. The minimum atomic E-state index is 0.0388. The molecule has 3 aromatic carbocycles. The summed E-state index contributed by atoms with van der Waals surface area (Å²) in [5.74, 6) is 0.532. The molecule has 3 aromatic rings. The summed E-state index contributed by atoms with van der Waals surface area (Å²) in [7, 11) is 4.02. The molecule has 0 saturated carbocycles. The Hall–Kier alpha value is -2.91. The van der Waals surface area contributed by atoms with Gasteiger partial charge in [0.05, 0.1) is 20.6 Å². The molecule has 4 rings (SSSR count). The number of urea groups is 1. The molecule has 0 aliphatic heterocycles. The highest BCUT2D eigenvalue weighted by atomic mass is 16.2. The average Bonchev–Trinajstić information content (AvgIpc) is 2.74. The third kappa shape index (κ3) is 4.63. The van der Waals surface area contributed by atoms with Crippen molar-refractivity contribution in [3.63, 3.8) is 0 Å². The van der Waals surface area contributed by atoms with Gasteiger partial charge in [-0.15, -0.1) is 0 Å². The van der Waals surface area contributed by atoms with E-state index in [0.29, 0.717) is 10.4 Å².